The summed E-state index contributed by atoms with van der Waals surface area (Å²) in [5.74, 6) is 1.80. The molecule has 0 atom stereocenters. The Morgan fingerprint density at radius 2 is 1.74 bits per heavy atom. The van der Waals surface area contributed by atoms with Gasteiger partial charge in [0.15, 0.2) is 0 Å². The summed E-state index contributed by atoms with van der Waals surface area (Å²) in [5, 5.41) is 3.80. The number of hydrogen-bond donors (Lipinski definition) is 1. The largest absolute Gasteiger partial charge is 0.497 e. The smallest absolute Gasteiger partial charge is 0.248 e. The van der Waals surface area contributed by atoms with Crippen LogP contribution in [0, 0.1) is 0 Å². The number of allylic oxidation sites excluding steroid dienone is 1. The summed E-state index contributed by atoms with van der Waals surface area (Å²) in [7, 11) is 4.85. The van der Waals surface area contributed by atoms with E-state index >= 15 is 0 Å². The van der Waals surface area contributed by atoms with E-state index in [-0.39, 0.29) is 5.91 Å². The van der Waals surface area contributed by atoms with Crippen LogP contribution in [0.4, 0.5) is 5.69 Å². The molecule has 4 rings (SSSR count). The molecule has 0 spiro atoms. The van der Waals surface area contributed by atoms with Crippen molar-refractivity contribution in [3.63, 3.8) is 0 Å². The van der Waals surface area contributed by atoms with Crippen LogP contribution < -0.4 is 19.5 Å². The minimum absolute atomic E-state index is 0.218. The second kappa shape index (κ2) is 10.6. The molecule has 1 N–H and O–H groups in total. The van der Waals surface area contributed by atoms with Gasteiger partial charge in [-0.25, -0.2) is 0 Å². The summed E-state index contributed by atoms with van der Waals surface area (Å²) < 4.78 is 22.5. The van der Waals surface area contributed by atoms with Gasteiger partial charge in [0.1, 0.15) is 22.8 Å². The van der Waals surface area contributed by atoms with Crippen LogP contribution in [0.5, 0.6) is 17.2 Å². The number of rotatable bonds is 8. The first kappa shape index (κ1) is 24.3. The normalized spacial score (nSPS) is 11.4. The summed E-state index contributed by atoms with van der Waals surface area (Å²) in [6.07, 6.45) is 5.26. The summed E-state index contributed by atoms with van der Waals surface area (Å²) >= 11 is 1.62. The summed E-state index contributed by atoms with van der Waals surface area (Å²) in [6.45, 7) is 1.88. The van der Waals surface area contributed by atoms with Gasteiger partial charge in [0.25, 0.3) is 0 Å². The highest BCUT2D eigenvalue weighted by atomic mass is 32.2. The molecule has 4 aromatic rings. The molecule has 35 heavy (non-hydrogen) atoms. The number of nitrogens with one attached hydrogen (secondary N) is 1. The first-order chi connectivity index (χ1) is 17.0. The van der Waals surface area contributed by atoms with Crippen LogP contribution in [0.1, 0.15) is 12.5 Å². The molecule has 6 nitrogen and oxygen atoms in total. The molecule has 0 unspecified atom stereocenters. The van der Waals surface area contributed by atoms with Crippen molar-refractivity contribution >= 4 is 39.9 Å². The summed E-state index contributed by atoms with van der Waals surface area (Å²) in [6, 6.07) is 17.1. The summed E-state index contributed by atoms with van der Waals surface area (Å²) in [4.78, 5) is 13.8. The second-order valence-electron chi connectivity index (χ2n) is 7.81. The van der Waals surface area contributed by atoms with E-state index in [2.05, 4.69) is 5.32 Å². The van der Waals surface area contributed by atoms with Crippen molar-refractivity contribution in [2.24, 2.45) is 0 Å². The lowest BCUT2D eigenvalue weighted by Crippen LogP contribution is -2.08. The Labute approximate surface area is 208 Å². The van der Waals surface area contributed by atoms with Crippen molar-refractivity contribution in [1.82, 2.24) is 0 Å². The molecule has 3 aromatic carbocycles. The molecule has 180 valence electrons. The van der Waals surface area contributed by atoms with E-state index in [0.717, 1.165) is 38.2 Å². The van der Waals surface area contributed by atoms with Crippen LogP contribution in [0.15, 0.2) is 76.2 Å². The third-order valence-electron chi connectivity index (χ3n) is 5.70. The molecule has 1 aromatic heterocycles. The predicted octanol–water partition coefficient (Wildman–Crippen LogP) is 6.89. The van der Waals surface area contributed by atoms with Gasteiger partial charge in [0.05, 0.1) is 27.6 Å². The number of benzene rings is 3. The predicted molar refractivity (Wildman–Crippen MR) is 142 cm³/mol. The van der Waals surface area contributed by atoms with Gasteiger partial charge in [0.2, 0.25) is 5.91 Å². The molecule has 0 saturated heterocycles. The molecule has 0 bridgehead atoms. The average Bonchev–Trinajstić information content (AvgIpc) is 3.30. The van der Waals surface area contributed by atoms with Crippen LogP contribution in [-0.2, 0) is 4.79 Å². The van der Waals surface area contributed by atoms with Gasteiger partial charge in [-0.05, 0) is 61.2 Å². The molecule has 0 aliphatic rings. The van der Waals surface area contributed by atoms with Crippen LogP contribution >= 0.6 is 11.8 Å². The molecule has 7 heteroatoms. The van der Waals surface area contributed by atoms with Gasteiger partial charge in [-0.2, -0.15) is 0 Å². The number of amides is 1. The third-order valence-corrected chi connectivity index (χ3v) is 6.43. The number of carbonyl (C=O) groups excluding carboxylic acids is 1. The van der Waals surface area contributed by atoms with E-state index in [4.69, 9.17) is 18.6 Å². The summed E-state index contributed by atoms with van der Waals surface area (Å²) in [5.41, 5.74) is 4.65. The Kier molecular flexibility index (Phi) is 7.36. The zero-order chi connectivity index (χ0) is 24.9. The lowest BCUT2D eigenvalue weighted by molar-refractivity contribution is -0.111. The van der Waals surface area contributed by atoms with E-state index in [9.17, 15) is 4.79 Å². The minimum Gasteiger partial charge on any atom is -0.497 e. The number of carbonyl (C=O) groups is 1. The maximum absolute atomic E-state index is 12.8. The standard InChI is InChI=1S/C28H27NO5S/c1-17(11-28(30)29-18-7-6-8-20(12-18)35-5)21-14-23-24(16-34-27(23)15-26(21)33-4)22-13-19(31-2)9-10-25(22)32-3/h6-16H,1-5H3,(H,29,30)/b17-11+. The Morgan fingerprint density at radius 3 is 2.46 bits per heavy atom. The number of anilines is 1. The Balaban J connectivity index is 1.74. The lowest BCUT2D eigenvalue weighted by atomic mass is 9.98. The van der Waals surface area contributed by atoms with Gasteiger partial charge in [-0.3, -0.25) is 4.79 Å². The minimum atomic E-state index is -0.218. The van der Waals surface area contributed by atoms with Gasteiger partial charge in [0, 0.05) is 44.8 Å². The fraction of sp³-hybridized carbons (Fsp3) is 0.179. The highest BCUT2D eigenvalue weighted by molar-refractivity contribution is 7.98. The topological polar surface area (TPSA) is 69.9 Å². The first-order valence-corrected chi connectivity index (χ1v) is 12.1. The van der Waals surface area contributed by atoms with E-state index < -0.39 is 0 Å². The van der Waals surface area contributed by atoms with Crippen molar-refractivity contribution in [2.45, 2.75) is 11.8 Å². The van der Waals surface area contributed by atoms with Crippen LogP contribution in [0.25, 0.3) is 27.7 Å². The number of thioether (sulfide) groups is 1. The highest BCUT2D eigenvalue weighted by Crippen LogP contribution is 2.41. The van der Waals surface area contributed by atoms with Gasteiger partial charge in [-0.1, -0.05) is 6.07 Å². The van der Waals surface area contributed by atoms with Gasteiger partial charge in [-0.15, -0.1) is 11.8 Å². The number of hydrogen-bond acceptors (Lipinski definition) is 6. The first-order valence-electron chi connectivity index (χ1n) is 10.9. The maximum Gasteiger partial charge on any atom is 0.248 e. The van der Waals surface area contributed by atoms with Crippen molar-refractivity contribution in [2.75, 3.05) is 32.9 Å². The van der Waals surface area contributed by atoms with Crippen LogP contribution in [-0.4, -0.2) is 33.5 Å². The fourth-order valence-corrected chi connectivity index (χ4v) is 4.38. The van der Waals surface area contributed by atoms with Crippen LogP contribution in [0.3, 0.4) is 0 Å². The number of methoxy groups -OCH3 is 3. The molecule has 0 radical (unpaired) electrons. The number of ether oxygens (including phenoxy) is 3. The molecule has 0 aliphatic heterocycles. The van der Waals surface area contributed by atoms with Gasteiger partial charge < -0.3 is 23.9 Å². The molecular formula is C28H27NO5S. The van der Waals surface area contributed by atoms with E-state index in [1.807, 2.05) is 67.8 Å². The average molecular weight is 490 g/mol. The molecular weight excluding hydrogens is 462 g/mol. The second-order valence-corrected chi connectivity index (χ2v) is 8.69. The monoisotopic (exact) mass is 489 g/mol. The zero-order valence-corrected chi connectivity index (χ0v) is 21.1. The molecule has 0 aliphatic carbocycles. The van der Waals surface area contributed by atoms with E-state index in [1.54, 1.807) is 45.4 Å². The van der Waals surface area contributed by atoms with Crippen molar-refractivity contribution in [1.29, 1.82) is 0 Å². The number of furan rings is 1. The van der Waals surface area contributed by atoms with Gasteiger partial charge >= 0.3 is 0 Å². The zero-order valence-electron chi connectivity index (χ0n) is 20.3. The lowest BCUT2D eigenvalue weighted by Gasteiger charge is -2.12. The van der Waals surface area contributed by atoms with Crippen LogP contribution in [0.2, 0.25) is 0 Å². The number of fused-ring (bicyclic) bond motifs is 1. The Hall–Kier alpha value is -3.84. The fourth-order valence-electron chi connectivity index (χ4n) is 3.92. The van der Waals surface area contributed by atoms with E-state index in [1.165, 1.54) is 0 Å². The van der Waals surface area contributed by atoms with E-state index in [0.29, 0.717) is 22.8 Å². The SMILES string of the molecule is COc1ccc(OC)c(-c2coc3cc(OC)c(/C(C)=C/C(=O)Nc4cccc(SC)c4)cc23)c1. The molecule has 1 amide bonds. The Bertz CT molecular complexity index is 1410. The Morgan fingerprint density at radius 1 is 0.943 bits per heavy atom. The maximum atomic E-state index is 12.8. The molecule has 0 fully saturated rings. The highest BCUT2D eigenvalue weighted by Gasteiger charge is 2.18. The quantitative estimate of drug-likeness (QED) is 0.215. The molecule has 0 saturated carbocycles. The van der Waals surface area contributed by atoms with Crippen molar-refractivity contribution < 1.29 is 23.4 Å². The van der Waals surface area contributed by atoms with Crippen molar-refractivity contribution in [3.05, 3.63) is 72.5 Å². The third kappa shape index (κ3) is 5.15. The molecule has 1 heterocycles. The van der Waals surface area contributed by atoms with Crippen molar-refractivity contribution in [3.8, 4) is 28.4 Å².